The zero-order chi connectivity index (χ0) is 12.7. The van der Waals surface area contributed by atoms with Crippen molar-refractivity contribution in [3.63, 3.8) is 0 Å². The topological polar surface area (TPSA) is 48.8 Å². The van der Waals surface area contributed by atoms with Crippen molar-refractivity contribution in [1.29, 1.82) is 5.41 Å². The minimum Gasteiger partial charge on any atom is -0.370 e. The highest BCUT2D eigenvalue weighted by atomic mass is 15.0. The molecule has 3 heteroatoms. The van der Waals surface area contributed by atoms with Crippen molar-refractivity contribution >= 4 is 11.5 Å². The first-order valence-electron chi connectivity index (χ1n) is 6.48. The van der Waals surface area contributed by atoms with Gasteiger partial charge < -0.3 is 10.7 Å². The number of hydrogen-bond donors (Lipinski definition) is 2. The normalized spacial score (nSPS) is 12.2. The first kappa shape index (κ1) is 13.7. The Morgan fingerprint density at radius 2 is 2.24 bits per heavy atom. The quantitative estimate of drug-likeness (QED) is 0.557. The second-order valence-corrected chi connectivity index (χ2v) is 4.40. The highest BCUT2D eigenvalue weighted by molar-refractivity contribution is 6.03. The van der Waals surface area contributed by atoms with Gasteiger partial charge in [0.15, 0.2) is 0 Å². The third-order valence-electron chi connectivity index (χ3n) is 3.03. The van der Waals surface area contributed by atoms with Crippen molar-refractivity contribution in [3.05, 3.63) is 23.9 Å². The lowest BCUT2D eigenvalue weighted by Crippen LogP contribution is -2.15. The molecule has 0 aliphatic heterocycles. The summed E-state index contributed by atoms with van der Waals surface area (Å²) in [7, 11) is 0. The van der Waals surface area contributed by atoms with Crippen molar-refractivity contribution < 1.29 is 0 Å². The largest absolute Gasteiger partial charge is 0.370 e. The minimum absolute atomic E-state index is 0.283. The van der Waals surface area contributed by atoms with Crippen molar-refractivity contribution in [2.75, 3.05) is 11.9 Å². The third-order valence-corrected chi connectivity index (χ3v) is 3.03. The molecule has 94 valence electrons. The molecule has 1 heterocycles. The Morgan fingerprint density at radius 1 is 1.47 bits per heavy atom. The summed E-state index contributed by atoms with van der Waals surface area (Å²) in [6.07, 6.45) is 5.06. The third kappa shape index (κ3) is 3.84. The zero-order valence-electron chi connectivity index (χ0n) is 11.1. The number of unbranched alkanes of at least 4 members (excludes halogenated alkanes) is 1. The molecular formula is C14H23N3. The summed E-state index contributed by atoms with van der Waals surface area (Å²) in [4.78, 5) is 4.34. The van der Waals surface area contributed by atoms with E-state index in [-0.39, 0.29) is 5.92 Å². The summed E-state index contributed by atoms with van der Waals surface area (Å²) in [5.41, 5.74) is 1.62. The summed E-state index contributed by atoms with van der Waals surface area (Å²) in [5.74, 6) is 1.14. The van der Waals surface area contributed by atoms with E-state index in [2.05, 4.69) is 31.1 Å². The van der Waals surface area contributed by atoms with E-state index in [4.69, 9.17) is 5.41 Å². The summed E-state index contributed by atoms with van der Waals surface area (Å²) in [6.45, 7) is 7.29. The lowest BCUT2D eigenvalue weighted by molar-refractivity contribution is 0.735. The van der Waals surface area contributed by atoms with Crippen molar-refractivity contribution in [2.45, 2.75) is 40.0 Å². The highest BCUT2D eigenvalue weighted by Crippen LogP contribution is 2.18. The lowest BCUT2D eigenvalue weighted by atomic mass is 9.96. The number of anilines is 1. The average molecular weight is 233 g/mol. The highest BCUT2D eigenvalue weighted by Gasteiger charge is 2.13. The molecule has 0 amide bonds. The average Bonchev–Trinajstić information content (AvgIpc) is 2.38. The lowest BCUT2D eigenvalue weighted by Gasteiger charge is -2.15. The number of hydrogen-bond acceptors (Lipinski definition) is 3. The molecule has 1 aromatic rings. The molecule has 0 radical (unpaired) electrons. The van der Waals surface area contributed by atoms with E-state index < -0.39 is 0 Å². The SMILES string of the molecule is CCCCNc1ncccc1C(=N)C(C)CC. The van der Waals surface area contributed by atoms with Crippen LogP contribution in [0.4, 0.5) is 5.82 Å². The standard InChI is InChI=1S/C14H23N3/c1-4-6-9-16-14-12(8-7-10-17-14)13(15)11(3)5-2/h7-8,10-11,15H,4-6,9H2,1-3H3,(H,16,17). The van der Waals surface area contributed by atoms with Gasteiger partial charge in [-0.3, -0.25) is 0 Å². The van der Waals surface area contributed by atoms with E-state index in [1.807, 2.05) is 12.1 Å². The van der Waals surface area contributed by atoms with Gasteiger partial charge in [0.05, 0.1) is 0 Å². The van der Waals surface area contributed by atoms with E-state index in [9.17, 15) is 0 Å². The zero-order valence-corrected chi connectivity index (χ0v) is 11.1. The first-order valence-corrected chi connectivity index (χ1v) is 6.48. The molecule has 0 fully saturated rings. The Hall–Kier alpha value is -1.38. The van der Waals surface area contributed by atoms with Gasteiger partial charge in [-0.15, -0.1) is 0 Å². The molecule has 0 spiro atoms. The van der Waals surface area contributed by atoms with Crippen LogP contribution in [0.2, 0.25) is 0 Å². The van der Waals surface area contributed by atoms with Gasteiger partial charge in [-0.05, 0) is 30.9 Å². The first-order chi connectivity index (χ1) is 8.20. The fourth-order valence-corrected chi connectivity index (χ4v) is 1.62. The van der Waals surface area contributed by atoms with Gasteiger partial charge in [-0.25, -0.2) is 4.98 Å². The number of aromatic nitrogens is 1. The maximum Gasteiger partial charge on any atom is 0.135 e. The van der Waals surface area contributed by atoms with Crippen LogP contribution in [0.15, 0.2) is 18.3 Å². The Kier molecular flexibility index (Phi) is 5.67. The Morgan fingerprint density at radius 3 is 2.88 bits per heavy atom. The van der Waals surface area contributed by atoms with E-state index in [1.165, 1.54) is 0 Å². The smallest absolute Gasteiger partial charge is 0.135 e. The molecule has 1 aromatic heterocycles. The van der Waals surface area contributed by atoms with Gasteiger partial charge in [-0.1, -0.05) is 27.2 Å². The number of rotatable bonds is 7. The van der Waals surface area contributed by atoms with E-state index >= 15 is 0 Å². The molecule has 0 saturated heterocycles. The van der Waals surface area contributed by atoms with Crippen molar-refractivity contribution in [2.24, 2.45) is 5.92 Å². The van der Waals surface area contributed by atoms with E-state index in [0.29, 0.717) is 5.71 Å². The fraction of sp³-hybridized carbons (Fsp3) is 0.571. The molecule has 1 atom stereocenters. The molecule has 2 N–H and O–H groups in total. The Bertz CT molecular complexity index is 360. The van der Waals surface area contributed by atoms with Gasteiger partial charge >= 0.3 is 0 Å². The van der Waals surface area contributed by atoms with Crippen LogP contribution in [-0.4, -0.2) is 17.2 Å². The molecular weight excluding hydrogens is 210 g/mol. The van der Waals surface area contributed by atoms with Crippen molar-refractivity contribution in [1.82, 2.24) is 4.98 Å². The van der Waals surface area contributed by atoms with Crippen LogP contribution in [0.3, 0.4) is 0 Å². The van der Waals surface area contributed by atoms with Crippen LogP contribution in [0, 0.1) is 11.3 Å². The van der Waals surface area contributed by atoms with Crippen LogP contribution < -0.4 is 5.32 Å². The molecule has 1 rings (SSSR count). The van der Waals surface area contributed by atoms with E-state index in [0.717, 1.165) is 37.2 Å². The second-order valence-electron chi connectivity index (χ2n) is 4.40. The molecule has 0 aliphatic rings. The number of nitrogens with one attached hydrogen (secondary N) is 2. The summed E-state index contributed by atoms with van der Waals surface area (Å²) >= 11 is 0. The summed E-state index contributed by atoms with van der Waals surface area (Å²) in [6, 6.07) is 3.88. The molecule has 0 aliphatic carbocycles. The van der Waals surface area contributed by atoms with E-state index in [1.54, 1.807) is 6.20 Å². The molecule has 17 heavy (non-hydrogen) atoms. The van der Waals surface area contributed by atoms with Crippen LogP contribution in [-0.2, 0) is 0 Å². The Labute approximate surface area is 104 Å². The van der Waals surface area contributed by atoms with Crippen LogP contribution in [0.5, 0.6) is 0 Å². The molecule has 3 nitrogen and oxygen atoms in total. The fourth-order valence-electron chi connectivity index (χ4n) is 1.62. The summed E-state index contributed by atoms with van der Waals surface area (Å²) in [5, 5.41) is 11.5. The summed E-state index contributed by atoms with van der Waals surface area (Å²) < 4.78 is 0. The monoisotopic (exact) mass is 233 g/mol. The number of nitrogens with zero attached hydrogens (tertiary/aromatic N) is 1. The molecule has 0 aromatic carbocycles. The second kappa shape index (κ2) is 7.05. The number of pyridine rings is 1. The van der Waals surface area contributed by atoms with Gasteiger partial charge in [0.2, 0.25) is 0 Å². The minimum atomic E-state index is 0.283. The predicted octanol–water partition coefficient (Wildman–Crippen LogP) is 3.71. The van der Waals surface area contributed by atoms with Gasteiger partial charge in [0.1, 0.15) is 5.82 Å². The molecule has 0 bridgehead atoms. The maximum absolute atomic E-state index is 8.18. The molecule has 1 unspecified atom stereocenters. The van der Waals surface area contributed by atoms with Gasteiger partial charge in [-0.2, -0.15) is 0 Å². The maximum atomic E-state index is 8.18. The van der Waals surface area contributed by atoms with Crippen LogP contribution >= 0.6 is 0 Å². The predicted molar refractivity (Wildman–Crippen MR) is 73.9 cm³/mol. The Balaban J connectivity index is 2.80. The van der Waals surface area contributed by atoms with Crippen molar-refractivity contribution in [3.8, 4) is 0 Å². The van der Waals surface area contributed by atoms with Gasteiger partial charge in [0.25, 0.3) is 0 Å². The van der Waals surface area contributed by atoms with Gasteiger partial charge in [0, 0.05) is 24.0 Å². The van der Waals surface area contributed by atoms with Crippen LogP contribution in [0.25, 0.3) is 0 Å². The molecule has 0 saturated carbocycles. The van der Waals surface area contributed by atoms with Crippen LogP contribution in [0.1, 0.15) is 45.6 Å².